The first-order chi connectivity index (χ1) is 9.90. The number of alkyl halides is 3. The van der Waals surface area contributed by atoms with Crippen LogP contribution in [0.3, 0.4) is 0 Å². The van der Waals surface area contributed by atoms with Crippen molar-refractivity contribution in [2.24, 2.45) is 0 Å². The van der Waals surface area contributed by atoms with E-state index in [0.717, 1.165) is 11.6 Å². The molecule has 0 aliphatic carbocycles. The van der Waals surface area contributed by atoms with E-state index in [-0.39, 0.29) is 5.02 Å². The highest BCUT2D eigenvalue weighted by Crippen LogP contribution is 2.36. The summed E-state index contributed by atoms with van der Waals surface area (Å²) in [7, 11) is 1.51. The summed E-state index contributed by atoms with van der Waals surface area (Å²) in [4.78, 5) is 4.02. The van der Waals surface area contributed by atoms with E-state index >= 15 is 0 Å². The Labute approximate surface area is 124 Å². The van der Waals surface area contributed by atoms with Crippen LogP contribution in [0.1, 0.15) is 11.1 Å². The van der Waals surface area contributed by atoms with Crippen LogP contribution < -0.4 is 10.1 Å². The number of rotatable bonds is 4. The van der Waals surface area contributed by atoms with Crippen LogP contribution in [-0.4, -0.2) is 12.1 Å². The zero-order chi connectivity index (χ0) is 15.5. The standard InChI is InChI=1S/C14H12ClF3N2O/c1-21-13-5-2-9(8-20-13)7-19-10-3-4-12(15)11(6-10)14(16,17)18/h2-6,8,19H,7H2,1H3. The van der Waals surface area contributed by atoms with Crippen LogP contribution in [0.15, 0.2) is 36.5 Å². The van der Waals surface area contributed by atoms with Gasteiger partial charge in [-0.2, -0.15) is 13.2 Å². The zero-order valence-electron chi connectivity index (χ0n) is 11.0. The van der Waals surface area contributed by atoms with Crippen molar-refractivity contribution in [1.82, 2.24) is 4.98 Å². The van der Waals surface area contributed by atoms with Crippen molar-refractivity contribution in [3.8, 4) is 5.88 Å². The van der Waals surface area contributed by atoms with E-state index in [1.54, 1.807) is 18.3 Å². The van der Waals surface area contributed by atoms with Crippen LogP contribution in [0.4, 0.5) is 18.9 Å². The van der Waals surface area contributed by atoms with Crippen LogP contribution in [0.5, 0.6) is 5.88 Å². The number of ether oxygens (including phenoxy) is 1. The number of anilines is 1. The lowest BCUT2D eigenvalue weighted by Crippen LogP contribution is -2.07. The second-order valence-electron chi connectivity index (χ2n) is 4.25. The van der Waals surface area contributed by atoms with E-state index in [9.17, 15) is 13.2 Å². The predicted octanol–water partition coefficient (Wildman–Crippen LogP) is 4.37. The molecular formula is C14H12ClF3N2O. The fraction of sp³-hybridized carbons (Fsp3) is 0.214. The molecule has 0 saturated carbocycles. The van der Waals surface area contributed by atoms with Crippen LogP contribution in [0.2, 0.25) is 5.02 Å². The summed E-state index contributed by atoms with van der Waals surface area (Å²) < 4.78 is 43.1. The third-order valence-electron chi connectivity index (χ3n) is 2.78. The second kappa shape index (κ2) is 6.22. The van der Waals surface area contributed by atoms with Crippen molar-refractivity contribution < 1.29 is 17.9 Å². The van der Waals surface area contributed by atoms with Crippen molar-refractivity contribution in [3.63, 3.8) is 0 Å². The number of nitrogens with one attached hydrogen (secondary N) is 1. The maximum Gasteiger partial charge on any atom is 0.417 e. The fourth-order valence-corrected chi connectivity index (χ4v) is 1.92. The van der Waals surface area contributed by atoms with E-state index in [2.05, 4.69) is 10.3 Å². The molecule has 0 aliphatic heterocycles. The van der Waals surface area contributed by atoms with Gasteiger partial charge in [0, 0.05) is 24.5 Å². The molecule has 1 aromatic heterocycles. The first kappa shape index (κ1) is 15.4. The Morgan fingerprint density at radius 2 is 2.00 bits per heavy atom. The number of aromatic nitrogens is 1. The van der Waals surface area contributed by atoms with Gasteiger partial charge in [-0.25, -0.2) is 4.98 Å². The average Bonchev–Trinajstić information content (AvgIpc) is 2.45. The lowest BCUT2D eigenvalue weighted by molar-refractivity contribution is -0.137. The molecule has 0 unspecified atom stereocenters. The van der Waals surface area contributed by atoms with E-state index in [1.807, 2.05) is 0 Å². The Bertz CT molecular complexity index is 615. The first-order valence-corrected chi connectivity index (χ1v) is 6.37. The van der Waals surface area contributed by atoms with Gasteiger partial charge in [0.05, 0.1) is 17.7 Å². The molecule has 3 nitrogen and oxygen atoms in total. The molecule has 0 aliphatic rings. The molecule has 0 radical (unpaired) electrons. The molecule has 0 bridgehead atoms. The molecule has 0 amide bonds. The Morgan fingerprint density at radius 3 is 2.57 bits per heavy atom. The predicted molar refractivity (Wildman–Crippen MR) is 74.6 cm³/mol. The summed E-state index contributed by atoms with van der Waals surface area (Å²) in [5.74, 6) is 0.476. The number of hydrogen-bond acceptors (Lipinski definition) is 3. The number of pyridine rings is 1. The molecule has 2 rings (SSSR count). The molecule has 0 saturated heterocycles. The highest BCUT2D eigenvalue weighted by molar-refractivity contribution is 6.31. The topological polar surface area (TPSA) is 34.1 Å². The lowest BCUT2D eigenvalue weighted by Gasteiger charge is -2.12. The van der Waals surface area contributed by atoms with E-state index < -0.39 is 11.7 Å². The number of nitrogens with zero attached hydrogens (tertiary/aromatic N) is 1. The van der Waals surface area contributed by atoms with Crippen molar-refractivity contribution in [3.05, 3.63) is 52.7 Å². The van der Waals surface area contributed by atoms with Gasteiger partial charge >= 0.3 is 6.18 Å². The zero-order valence-corrected chi connectivity index (χ0v) is 11.8. The van der Waals surface area contributed by atoms with Crippen molar-refractivity contribution in [2.45, 2.75) is 12.7 Å². The molecule has 0 fully saturated rings. The van der Waals surface area contributed by atoms with E-state index in [0.29, 0.717) is 18.1 Å². The van der Waals surface area contributed by atoms with Gasteiger partial charge < -0.3 is 10.1 Å². The Hall–Kier alpha value is -1.95. The van der Waals surface area contributed by atoms with Gasteiger partial charge in [0.1, 0.15) is 0 Å². The van der Waals surface area contributed by atoms with Crippen molar-refractivity contribution in [1.29, 1.82) is 0 Å². The summed E-state index contributed by atoms with van der Waals surface area (Å²) in [5.41, 5.74) is 0.295. The molecule has 21 heavy (non-hydrogen) atoms. The number of hydrogen-bond donors (Lipinski definition) is 1. The van der Waals surface area contributed by atoms with Crippen LogP contribution in [0, 0.1) is 0 Å². The fourth-order valence-electron chi connectivity index (χ4n) is 1.69. The summed E-state index contributed by atoms with van der Waals surface area (Å²) in [6.07, 6.45) is -2.89. The lowest BCUT2D eigenvalue weighted by atomic mass is 10.2. The van der Waals surface area contributed by atoms with Crippen LogP contribution >= 0.6 is 11.6 Å². The minimum atomic E-state index is -4.48. The molecule has 1 N–H and O–H groups in total. The maximum absolute atomic E-state index is 12.7. The van der Waals surface area contributed by atoms with Gasteiger partial charge in [0.15, 0.2) is 0 Å². The first-order valence-electron chi connectivity index (χ1n) is 5.99. The van der Waals surface area contributed by atoms with Gasteiger partial charge in [0.2, 0.25) is 5.88 Å². The molecular weight excluding hydrogens is 305 g/mol. The molecule has 7 heteroatoms. The van der Waals surface area contributed by atoms with Gasteiger partial charge in [-0.05, 0) is 23.8 Å². The van der Waals surface area contributed by atoms with E-state index in [1.165, 1.54) is 19.2 Å². The molecule has 0 atom stereocenters. The Kier molecular flexibility index (Phi) is 4.57. The summed E-state index contributed by atoms with van der Waals surface area (Å²) in [5, 5.41) is 2.58. The van der Waals surface area contributed by atoms with Gasteiger partial charge in [-0.1, -0.05) is 17.7 Å². The average molecular weight is 317 g/mol. The quantitative estimate of drug-likeness (QED) is 0.909. The third-order valence-corrected chi connectivity index (χ3v) is 3.10. The van der Waals surface area contributed by atoms with Gasteiger partial charge in [-0.3, -0.25) is 0 Å². The highest BCUT2D eigenvalue weighted by Gasteiger charge is 2.33. The SMILES string of the molecule is COc1ccc(CNc2ccc(Cl)c(C(F)(F)F)c2)cn1. The largest absolute Gasteiger partial charge is 0.481 e. The smallest absolute Gasteiger partial charge is 0.417 e. The molecule has 2 aromatic rings. The van der Waals surface area contributed by atoms with Gasteiger partial charge in [-0.15, -0.1) is 0 Å². The monoisotopic (exact) mass is 316 g/mol. The summed E-state index contributed by atoms with van der Waals surface area (Å²) >= 11 is 5.56. The molecule has 0 spiro atoms. The normalized spacial score (nSPS) is 11.3. The number of benzene rings is 1. The van der Waals surface area contributed by atoms with Crippen LogP contribution in [0.25, 0.3) is 0 Å². The molecule has 1 aromatic carbocycles. The minimum absolute atomic E-state index is 0.320. The number of halogens is 4. The van der Waals surface area contributed by atoms with Crippen molar-refractivity contribution >= 4 is 17.3 Å². The Morgan fingerprint density at radius 1 is 1.24 bits per heavy atom. The summed E-state index contributed by atoms with van der Waals surface area (Å²) in [6.45, 7) is 0.343. The molecule has 112 valence electrons. The Balaban J connectivity index is 2.09. The van der Waals surface area contributed by atoms with E-state index in [4.69, 9.17) is 16.3 Å². The van der Waals surface area contributed by atoms with Crippen LogP contribution in [-0.2, 0) is 12.7 Å². The minimum Gasteiger partial charge on any atom is -0.481 e. The maximum atomic E-state index is 12.7. The van der Waals surface area contributed by atoms with Gasteiger partial charge in [0.25, 0.3) is 0 Å². The third kappa shape index (κ3) is 4.01. The summed E-state index contributed by atoms with van der Waals surface area (Å²) in [6, 6.07) is 7.16. The second-order valence-corrected chi connectivity index (χ2v) is 4.66. The number of methoxy groups -OCH3 is 1. The highest BCUT2D eigenvalue weighted by atomic mass is 35.5. The molecule has 1 heterocycles. The van der Waals surface area contributed by atoms with Crippen molar-refractivity contribution in [2.75, 3.05) is 12.4 Å².